The smallest absolute Gasteiger partial charge is 0.322 e. The lowest BCUT2D eigenvalue weighted by Crippen LogP contribution is -2.05. The van der Waals surface area contributed by atoms with Crippen LogP contribution in [0.1, 0.15) is 97.3 Å². The van der Waals surface area contributed by atoms with Gasteiger partial charge in [-0.2, -0.15) is 0 Å². The van der Waals surface area contributed by atoms with Crippen molar-refractivity contribution in [3.8, 4) is 0 Å². The molecule has 0 rings (SSSR count). The van der Waals surface area contributed by atoms with E-state index in [1.165, 1.54) is 70.6 Å². The van der Waals surface area contributed by atoms with Gasteiger partial charge in [0.1, 0.15) is 0 Å². The second-order valence-corrected chi connectivity index (χ2v) is 8.70. The van der Waals surface area contributed by atoms with Crippen LogP contribution in [0.2, 0.25) is 0 Å². The summed E-state index contributed by atoms with van der Waals surface area (Å²) in [6, 6.07) is 0. The molecular weight excluding hydrogens is 303 g/mol. The van der Waals surface area contributed by atoms with Gasteiger partial charge in [-0.1, -0.05) is 84.0 Å². The number of hydrogen-bond acceptors (Lipinski definition) is 2. The maximum Gasteiger partial charge on any atom is 0.322 e. The van der Waals surface area contributed by atoms with Gasteiger partial charge in [0.15, 0.2) is 0 Å². The molecule has 0 saturated carbocycles. The summed E-state index contributed by atoms with van der Waals surface area (Å²) < 4.78 is 4.97. The van der Waals surface area contributed by atoms with Crippen molar-refractivity contribution >= 4 is 18.5 Å². The first-order chi connectivity index (χ1) is 9.95. The molecule has 0 aromatic rings. The lowest BCUT2D eigenvalue weighted by atomic mass is 10.0. The minimum atomic E-state index is -3.47. The zero-order chi connectivity index (χ0) is 16.0. The van der Waals surface area contributed by atoms with Gasteiger partial charge in [0, 0.05) is 0 Å². The van der Waals surface area contributed by atoms with Crippen molar-refractivity contribution in [2.75, 3.05) is 0 Å². The van der Waals surface area contributed by atoms with Gasteiger partial charge < -0.3 is 14.3 Å². The first-order valence-electron chi connectivity index (χ1n) is 8.69. The van der Waals surface area contributed by atoms with Crippen molar-refractivity contribution in [2.45, 2.75) is 103 Å². The lowest BCUT2D eigenvalue weighted by molar-refractivity contribution is 0.172. The molecule has 0 aromatic carbocycles. The van der Waals surface area contributed by atoms with E-state index in [-0.39, 0.29) is 6.10 Å². The second-order valence-electron chi connectivity index (χ2n) is 6.08. The van der Waals surface area contributed by atoms with Crippen LogP contribution in [0.4, 0.5) is 0 Å². The van der Waals surface area contributed by atoms with Crippen molar-refractivity contribution < 1.29 is 14.3 Å². The normalized spacial score (nSPS) is 13.5. The van der Waals surface area contributed by atoms with Gasteiger partial charge in [-0.25, -0.2) is 0 Å². The van der Waals surface area contributed by atoms with Crippen molar-refractivity contribution in [2.24, 2.45) is 0 Å². The molecule has 0 saturated heterocycles. The fourth-order valence-corrected chi connectivity index (χ4v) is 3.57. The van der Waals surface area contributed by atoms with Crippen LogP contribution in [0.25, 0.3) is 0 Å². The van der Waals surface area contributed by atoms with Gasteiger partial charge in [0.05, 0.1) is 6.10 Å². The molecule has 0 aliphatic carbocycles. The zero-order valence-corrected chi connectivity index (χ0v) is 15.6. The average molecular weight is 338 g/mol. The highest BCUT2D eigenvalue weighted by Gasteiger charge is 2.13. The Bertz CT molecular complexity index is 268. The van der Waals surface area contributed by atoms with Gasteiger partial charge in [-0.3, -0.25) is 0 Å². The summed E-state index contributed by atoms with van der Waals surface area (Å²) in [5.41, 5.74) is 0. The molecule has 0 radical (unpaired) electrons. The Kier molecular flexibility index (Phi) is 14.5. The molecule has 0 aromatic heterocycles. The predicted octanol–water partition coefficient (Wildman–Crippen LogP) is 5.69. The molecule has 2 N–H and O–H groups in total. The SMILES string of the molecule is CCCCCCCCCCCCCCC(C)OP(O)(O)=S. The minimum absolute atomic E-state index is 0.144. The monoisotopic (exact) mass is 338 g/mol. The first kappa shape index (κ1) is 21.5. The summed E-state index contributed by atoms with van der Waals surface area (Å²) in [5, 5.41) is 0. The van der Waals surface area contributed by atoms with E-state index >= 15 is 0 Å². The standard InChI is InChI=1S/C16H35O3PS/c1-3-4-5-6-7-8-9-10-11-12-13-14-15-16(2)19-20(17,18)21/h16H,3-15H2,1-2H3,(H2,17,18,21). The van der Waals surface area contributed by atoms with Crippen LogP contribution < -0.4 is 0 Å². The molecule has 1 atom stereocenters. The van der Waals surface area contributed by atoms with Crippen LogP contribution >= 0.6 is 6.72 Å². The van der Waals surface area contributed by atoms with Gasteiger partial charge in [-0.05, 0) is 25.2 Å². The summed E-state index contributed by atoms with van der Waals surface area (Å²) in [6.45, 7) is 0.640. The van der Waals surface area contributed by atoms with E-state index < -0.39 is 6.72 Å². The van der Waals surface area contributed by atoms with E-state index in [1.807, 2.05) is 6.92 Å². The van der Waals surface area contributed by atoms with Crippen molar-refractivity contribution in [3.05, 3.63) is 0 Å². The molecule has 0 fully saturated rings. The van der Waals surface area contributed by atoms with Crippen LogP contribution in [0.5, 0.6) is 0 Å². The quantitative estimate of drug-likeness (QED) is 0.297. The molecular formula is C16H35O3PS. The molecule has 0 heterocycles. The Morgan fingerprint density at radius 1 is 0.810 bits per heavy atom. The Hall–Kier alpha value is 0.530. The van der Waals surface area contributed by atoms with E-state index in [0.29, 0.717) is 0 Å². The fraction of sp³-hybridized carbons (Fsp3) is 1.00. The van der Waals surface area contributed by atoms with Crippen LogP contribution in [-0.4, -0.2) is 15.9 Å². The largest absolute Gasteiger partial charge is 0.325 e. The Labute approximate surface area is 136 Å². The van der Waals surface area contributed by atoms with Crippen LogP contribution in [-0.2, 0) is 16.3 Å². The highest BCUT2D eigenvalue weighted by atomic mass is 32.5. The van der Waals surface area contributed by atoms with Crippen LogP contribution in [0.3, 0.4) is 0 Å². The lowest BCUT2D eigenvalue weighted by Gasteiger charge is -2.15. The molecule has 0 spiro atoms. The Morgan fingerprint density at radius 2 is 1.19 bits per heavy atom. The third kappa shape index (κ3) is 18.5. The summed E-state index contributed by atoms with van der Waals surface area (Å²) >= 11 is 4.46. The Balaban J connectivity index is 3.17. The van der Waals surface area contributed by atoms with Gasteiger partial charge >= 0.3 is 6.72 Å². The molecule has 21 heavy (non-hydrogen) atoms. The van der Waals surface area contributed by atoms with Crippen LogP contribution in [0.15, 0.2) is 0 Å². The zero-order valence-electron chi connectivity index (χ0n) is 13.9. The van der Waals surface area contributed by atoms with E-state index in [1.54, 1.807) is 0 Å². The van der Waals surface area contributed by atoms with Crippen molar-refractivity contribution in [1.82, 2.24) is 0 Å². The van der Waals surface area contributed by atoms with E-state index in [9.17, 15) is 0 Å². The molecule has 3 nitrogen and oxygen atoms in total. The highest BCUT2D eigenvalue weighted by molar-refractivity contribution is 8.06. The second kappa shape index (κ2) is 14.1. The first-order valence-corrected chi connectivity index (χ1v) is 11.3. The number of unbranched alkanes of at least 4 members (excludes halogenated alkanes) is 11. The fourth-order valence-electron chi connectivity index (χ4n) is 2.56. The summed E-state index contributed by atoms with van der Waals surface area (Å²) in [5.74, 6) is 0. The maximum absolute atomic E-state index is 9.04. The topological polar surface area (TPSA) is 49.7 Å². The molecule has 128 valence electrons. The van der Waals surface area contributed by atoms with E-state index in [2.05, 4.69) is 18.7 Å². The predicted molar refractivity (Wildman–Crippen MR) is 95.0 cm³/mol. The number of hydrogen-bond donors (Lipinski definition) is 2. The molecule has 0 bridgehead atoms. The Morgan fingerprint density at radius 3 is 1.57 bits per heavy atom. The molecule has 1 unspecified atom stereocenters. The van der Waals surface area contributed by atoms with Crippen molar-refractivity contribution in [3.63, 3.8) is 0 Å². The van der Waals surface area contributed by atoms with Gasteiger partial charge in [0.25, 0.3) is 0 Å². The highest BCUT2D eigenvalue weighted by Crippen LogP contribution is 2.38. The van der Waals surface area contributed by atoms with E-state index in [0.717, 1.165) is 12.8 Å². The average Bonchev–Trinajstić information content (AvgIpc) is 2.38. The third-order valence-electron chi connectivity index (χ3n) is 3.78. The van der Waals surface area contributed by atoms with Crippen molar-refractivity contribution in [1.29, 1.82) is 0 Å². The summed E-state index contributed by atoms with van der Waals surface area (Å²) in [7, 11) is 0. The third-order valence-corrected chi connectivity index (χ3v) is 4.67. The molecule has 0 amide bonds. The van der Waals surface area contributed by atoms with E-state index in [4.69, 9.17) is 14.3 Å². The molecule has 0 aliphatic rings. The maximum atomic E-state index is 9.04. The summed E-state index contributed by atoms with van der Waals surface area (Å²) in [4.78, 5) is 18.1. The summed E-state index contributed by atoms with van der Waals surface area (Å²) in [6.07, 6.45) is 16.7. The van der Waals surface area contributed by atoms with Gasteiger partial charge in [0.2, 0.25) is 0 Å². The van der Waals surface area contributed by atoms with Crippen LogP contribution in [0, 0.1) is 0 Å². The van der Waals surface area contributed by atoms with Gasteiger partial charge in [-0.15, -0.1) is 0 Å². The molecule has 0 aliphatic heterocycles. The molecule has 5 heteroatoms. The number of rotatable bonds is 15. The minimum Gasteiger partial charge on any atom is -0.325 e.